The van der Waals surface area contributed by atoms with E-state index in [0.29, 0.717) is 18.1 Å². The Morgan fingerprint density at radius 2 is 1.96 bits per heavy atom. The number of hydrogen-bond acceptors (Lipinski definition) is 5. The van der Waals surface area contributed by atoms with Gasteiger partial charge < -0.3 is 10.2 Å². The predicted octanol–water partition coefficient (Wildman–Crippen LogP) is 2.88. The van der Waals surface area contributed by atoms with Crippen LogP contribution in [0.2, 0.25) is 0 Å². The van der Waals surface area contributed by atoms with E-state index >= 15 is 0 Å². The monoisotopic (exact) mass is 345 g/mol. The van der Waals surface area contributed by atoms with Gasteiger partial charge in [0.05, 0.1) is 5.56 Å². The molecule has 3 aromatic rings. The van der Waals surface area contributed by atoms with Crippen LogP contribution in [0.15, 0.2) is 61.2 Å². The van der Waals surface area contributed by atoms with E-state index in [-0.39, 0.29) is 11.9 Å². The maximum absolute atomic E-state index is 12.3. The number of rotatable bonds is 4. The number of carbonyl (C=O) groups excluding carboxylic acids is 1. The van der Waals surface area contributed by atoms with Crippen molar-refractivity contribution in [1.82, 2.24) is 20.3 Å². The summed E-state index contributed by atoms with van der Waals surface area (Å²) in [4.78, 5) is 27.3. The summed E-state index contributed by atoms with van der Waals surface area (Å²) >= 11 is 0. The first-order valence-corrected chi connectivity index (χ1v) is 8.58. The van der Waals surface area contributed by atoms with Gasteiger partial charge in [-0.25, -0.2) is 9.97 Å². The maximum Gasteiger partial charge on any atom is 0.254 e. The molecule has 1 atom stereocenters. The van der Waals surface area contributed by atoms with Gasteiger partial charge in [0.2, 0.25) is 5.95 Å². The van der Waals surface area contributed by atoms with E-state index in [2.05, 4.69) is 44.2 Å². The van der Waals surface area contributed by atoms with Crippen molar-refractivity contribution in [3.05, 3.63) is 77.9 Å². The fourth-order valence-corrected chi connectivity index (χ4v) is 3.22. The van der Waals surface area contributed by atoms with E-state index in [1.807, 2.05) is 24.3 Å². The van der Waals surface area contributed by atoms with Crippen molar-refractivity contribution >= 4 is 17.5 Å². The molecule has 1 aromatic carbocycles. The van der Waals surface area contributed by atoms with Gasteiger partial charge in [0, 0.05) is 43.1 Å². The summed E-state index contributed by atoms with van der Waals surface area (Å²) in [6.45, 7) is 2.57. The first-order chi connectivity index (χ1) is 12.7. The van der Waals surface area contributed by atoms with Crippen LogP contribution in [0, 0.1) is 0 Å². The van der Waals surface area contributed by atoms with Crippen LogP contribution in [0.25, 0.3) is 0 Å². The molecule has 1 unspecified atom stereocenters. The summed E-state index contributed by atoms with van der Waals surface area (Å²) in [5, 5.41) is 2.86. The maximum atomic E-state index is 12.3. The summed E-state index contributed by atoms with van der Waals surface area (Å²) in [5.41, 5.74) is 3.81. The molecular formula is C20H19N5O. The van der Waals surface area contributed by atoms with E-state index in [0.717, 1.165) is 17.7 Å². The Kier molecular flexibility index (Phi) is 4.31. The van der Waals surface area contributed by atoms with Crippen molar-refractivity contribution in [3.8, 4) is 0 Å². The number of pyridine rings is 1. The van der Waals surface area contributed by atoms with Crippen LogP contribution in [0.5, 0.6) is 0 Å². The molecule has 1 N–H and O–H groups in total. The highest BCUT2D eigenvalue weighted by Crippen LogP contribution is 2.35. The van der Waals surface area contributed by atoms with Crippen LogP contribution in [-0.2, 0) is 13.0 Å². The number of fused-ring (bicyclic) bond motifs is 1. The summed E-state index contributed by atoms with van der Waals surface area (Å²) in [6, 6.07) is 12.3. The Balaban J connectivity index is 1.48. The van der Waals surface area contributed by atoms with Gasteiger partial charge in [-0.05, 0) is 36.6 Å². The smallest absolute Gasteiger partial charge is 0.254 e. The van der Waals surface area contributed by atoms with E-state index < -0.39 is 0 Å². The highest BCUT2D eigenvalue weighted by atomic mass is 16.1. The molecule has 1 aliphatic heterocycles. The number of para-hydroxylation sites is 1. The van der Waals surface area contributed by atoms with Crippen LogP contribution in [0.1, 0.15) is 28.4 Å². The third-order valence-corrected chi connectivity index (χ3v) is 4.50. The minimum absolute atomic E-state index is 0.199. The molecule has 6 heteroatoms. The average molecular weight is 345 g/mol. The number of benzene rings is 1. The number of carbonyl (C=O) groups is 1. The third-order valence-electron chi connectivity index (χ3n) is 4.50. The Bertz CT molecular complexity index is 911. The molecule has 4 rings (SSSR count). The lowest BCUT2D eigenvalue weighted by Crippen LogP contribution is -2.27. The Hall–Kier alpha value is -3.28. The summed E-state index contributed by atoms with van der Waals surface area (Å²) in [5.74, 6) is 0.418. The van der Waals surface area contributed by atoms with Gasteiger partial charge in [-0.2, -0.15) is 0 Å². The Morgan fingerprint density at radius 3 is 2.73 bits per heavy atom. The molecular weight excluding hydrogens is 326 g/mol. The number of aromatic nitrogens is 3. The van der Waals surface area contributed by atoms with Crippen LogP contribution in [-0.4, -0.2) is 26.9 Å². The number of amides is 1. The van der Waals surface area contributed by atoms with Gasteiger partial charge in [-0.1, -0.05) is 24.3 Å². The molecule has 1 aliphatic rings. The summed E-state index contributed by atoms with van der Waals surface area (Å²) in [7, 11) is 0. The minimum atomic E-state index is -0.199. The standard InChI is InChI=1S/C20H19N5O/c1-14-9-16-6-2-3-7-18(16)25(14)20-23-12-17(13-24-20)19(26)22-11-15-5-4-8-21-10-15/h2-8,10,12-14H,9,11H2,1H3,(H,22,26). The summed E-state index contributed by atoms with van der Waals surface area (Å²) < 4.78 is 0. The van der Waals surface area contributed by atoms with Crippen molar-refractivity contribution in [2.45, 2.75) is 25.9 Å². The van der Waals surface area contributed by atoms with Crippen LogP contribution in [0.4, 0.5) is 11.6 Å². The normalized spacial score (nSPS) is 15.6. The van der Waals surface area contributed by atoms with Gasteiger partial charge in [0.1, 0.15) is 0 Å². The molecule has 0 aliphatic carbocycles. The summed E-state index contributed by atoms with van der Waals surface area (Å²) in [6.07, 6.45) is 7.55. The third kappa shape index (κ3) is 3.13. The van der Waals surface area contributed by atoms with Crippen molar-refractivity contribution in [3.63, 3.8) is 0 Å². The lowest BCUT2D eigenvalue weighted by atomic mass is 10.1. The van der Waals surface area contributed by atoms with E-state index in [9.17, 15) is 4.79 Å². The zero-order chi connectivity index (χ0) is 17.9. The van der Waals surface area contributed by atoms with E-state index in [4.69, 9.17) is 0 Å². The molecule has 130 valence electrons. The molecule has 1 amide bonds. The second kappa shape index (κ2) is 6.92. The molecule has 0 radical (unpaired) electrons. The van der Waals surface area contributed by atoms with Crippen LogP contribution >= 0.6 is 0 Å². The zero-order valence-electron chi connectivity index (χ0n) is 14.5. The molecule has 26 heavy (non-hydrogen) atoms. The predicted molar refractivity (Wildman–Crippen MR) is 99.2 cm³/mol. The number of nitrogens with one attached hydrogen (secondary N) is 1. The lowest BCUT2D eigenvalue weighted by Gasteiger charge is -2.22. The number of hydrogen-bond donors (Lipinski definition) is 1. The zero-order valence-corrected chi connectivity index (χ0v) is 14.5. The Labute approximate surface area is 151 Å². The van der Waals surface area contributed by atoms with Gasteiger partial charge in [-0.3, -0.25) is 9.78 Å². The van der Waals surface area contributed by atoms with Crippen molar-refractivity contribution < 1.29 is 4.79 Å². The first-order valence-electron chi connectivity index (χ1n) is 8.58. The average Bonchev–Trinajstić information content (AvgIpc) is 3.03. The fourth-order valence-electron chi connectivity index (χ4n) is 3.22. The topological polar surface area (TPSA) is 71.0 Å². The molecule has 6 nitrogen and oxygen atoms in total. The van der Waals surface area contributed by atoms with Crippen molar-refractivity contribution in [2.24, 2.45) is 0 Å². The van der Waals surface area contributed by atoms with Crippen molar-refractivity contribution in [2.75, 3.05) is 4.90 Å². The van der Waals surface area contributed by atoms with Crippen LogP contribution in [0.3, 0.4) is 0 Å². The quantitative estimate of drug-likeness (QED) is 0.787. The van der Waals surface area contributed by atoms with Gasteiger partial charge in [0.15, 0.2) is 0 Å². The van der Waals surface area contributed by atoms with Gasteiger partial charge in [0.25, 0.3) is 5.91 Å². The number of anilines is 2. The molecule has 0 bridgehead atoms. The molecule has 0 spiro atoms. The highest BCUT2D eigenvalue weighted by Gasteiger charge is 2.28. The lowest BCUT2D eigenvalue weighted by molar-refractivity contribution is 0.0950. The molecule has 3 heterocycles. The van der Waals surface area contributed by atoms with E-state index in [1.165, 1.54) is 5.56 Å². The van der Waals surface area contributed by atoms with Crippen molar-refractivity contribution in [1.29, 1.82) is 0 Å². The SMILES string of the molecule is CC1Cc2ccccc2N1c1ncc(C(=O)NCc2cccnc2)cn1. The highest BCUT2D eigenvalue weighted by molar-refractivity contribution is 5.93. The largest absolute Gasteiger partial charge is 0.348 e. The second-order valence-corrected chi connectivity index (χ2v) is 6.37. The number of nitrogens with zero attached hydrogens (tertiary/aromatic N) is 4. The van der Waals surface area contributed by atoms with Gasteiger partial charge >= 0.3 is 0 Å². The molecule has 0 saturated carbocycles. The van der Waals surface area contributed by atoms with Crippen LogP contribution < -0.4 is 10.2 Å². The minimum Gasteiger partial charge on any atom is -0.348 e. The van der Waals surface area contributed by atoms with E-state index in [1.54, 1.807) is 24.8 Å². The fraction of sp³-hybridized carbons (Fsp3) is 0.200. The van der Waals surface area contributed by atoms with Gasteiger partial charge in [-0.15, -0.1) is 0 Å². The molecule has 0 saturated heterocycles. The molecule has 0 fully saturated rings. The first kappa shape index (κ1) is 16.2. The second-order valence-electron chi connectivity index (χ2n) is 6.37. The Morgan fingerprint density at radius 1 is 1.15 bits per heavy atom. The molecule has 2 aromatic heterocycles.